The average Bonchev–Trinajstić information content (AvgIpc) is 3.45. The van der Waals surface area contributed by atoms with Crippen LogP contribution in [-0.4, -0.2) is 29.3 Å². The Kier molecular flexibility index (Phi) is 5.75. The molecule has 1 unspecified atom stereocenters. The number of nitrogens with zero attached hydrogens (tertiary/aromatic N) is 2. The third-order valence-corrected chi connectivity index (χ3v) is 6.47. The highest BCUT2D eigenvalue weighted by molar-refractivity contribution is 5.94. The molecule has 9 heteroatoms. The largest absolute Gasteiger partial charge is 0.488 e. The fourth-order valence-electron chi connectivity index (χ4n) is 4.82. The van der Waals surface area contributed by atoms with E-state index in [0.717, 1.165) is 60.0 Å². The lowest BCUT2D eigenvalue weighted by molar-refractivity contribution is -0.137. The smallest absolute Gasteiger partial charge is 0.416 e. The SMILES string of the molecule is Cc1nc(N[C@H](C)c2cc(N)cc(C(F)(F)F)c2)c2cc(OC3CCOC3)c3c(c2n1)CCC3. The first-order chi connectivity index (χ1) is 16.2. The molecule has 5 rings (SSSR count). The number of alkyl halides is 3. The summed E-state index contributed by atoms with van der Waals surface area (Å²) < 4.78 is 51.7. The summed E-state index contributed by atoms with van der Waals surface area (Å²) in [5.74, 6) is 1.98. The Morgan fingerprint density at radius 1 is 1.15 bits per heavy atom. The highest BCUT2D eigenvalue weighted by Gasteiger charge is 2.32. The maximum atomic E-state index is 13.3. The van der Waals surface area contributed by atoms with E-state index >= 15 is 0 Å². The molecule has 0 bridgehead atoms. The molecule has 3 N–H and O–H groups in total. The van der Waals surface area contributed by atoms with Crippen LogP contribution in [0.5, 0.6) is 5.75 Å². The van der Waals surface area contributed by atoms with Gasteiger partial charge >= 0.3 is 6.18 Å². The lowest BCUT2D eigenvalue weighted by Gasteiger charge is -2.21. The van der Waals surface area contributed by atoms with Crippen molar-refractivity contribution in [1.82, 2.24) is 9.97 Å². The summed E-state index contributed by atoms with van der Waals surface area (Å²) in [6, 6.07) is 5.11. The molecule has 1 saturated heterocycles. The summed E-state index contributed by atoms with van der Waals surface area (Å²) in [6.45, 7) is 4.86. The summed E-state index contributed by atoms with van der Waals surface area (Å²) in [7, 11) is 0. The predicted octanol–water partition coefficient (Wildman–Crippen LogP) is 5.37. The topological polar surface area (TPSA) is 82.3 Å². The number of hydrogen-bond acceptors (Lipinski definition) is 6. The third-order valence-electron chi connectivity index (χ3n) is 6.47. The van der Waals surface area contributed by atoms with Crippen LogP contribution in [0.1, 0.15) is 53.9 Å². The molecule has 180 valence electrons. The Labute approximate surface area is 195 Å². The third kappa shape index (κ3) is 4.36. The standard InChI is InChI=1S/C25H27F3N4O2/c1-13(15-8-16(25(26,27)28)10-17(29)9-15)30-24-21-11-22(34-18-6-7-33-12-18)19-4-3-5-20(19)23(21)31-14(2)32-24/h8-11,13,18H,3-7,12,29H2,1-2H3,(H,30,31,32)/t13-,18?/m1/s1. The molecule has 2 heterocycles. The van der Waals surface area contributed by atoms with E-state index in [9.17, 15) is 13.2 Å². The molecule has 2 atom stereocenters. The van der Waals surface area contributed by atoms with Crippen LogP contribution in [-0.2, 0) is 23.8 Å². The van der Waals surface area contributed by atoms with Crippen molar-refractivity contribution in [2.24, 2.45) is 0 Å². The van der Waals surface area contributed by atoms with E-state index in [1.807, 2.05) is 13.0 Å². The second-order valence-electron chi connectivity index (χ2n) is 9.06. The lowest BCUT2D eigenvalue weighted by atomic mass is 10.0. The first-order valence-electron chi connectivity index (χ1n) is 11.5. The fourth-order valence-corrected chi connectivity index (χ4v) is 4.82. The van der Waals surface area contributed by atoms with Gasteiger partial charge in [0.1, 0.15) is 23.5 Å². The van der Waals surface area contributed by atoms with Crippen LogP contribution in [0.15, 0.2) is 24.3 Å². The van der Waals surface area contributed by atoms with Crippen molar-refractivity contribution in [2.75, 3.05) is 24.3 Å². The fraction of sp³-hybridized carbons (Fsp3) is 0.440. The molecule has 0 amide bonds. The molecule has 0 saturated carbocycles. The van der Waals surface area contributed by atoms with E-state index in [2.05, 4.69) is 10.3 Å². The van der Waals surface area contributed by atoms with Crippen LogP contribution < -0.4 is 15.8 Å². The lowest BCUT2D eigenvalue weighted by Crippen LogP contribution is -2.17. The Hall–Kier alpha value is -3.07. The molecule has 3 aromatic rings. The van der Waals surface area contributed by atoms with Crippen molar-refractivity contribution in [3.05, 3.63) is 52.3 Å². The maximum Gasteiger partial charge on any atom is 0.416 e. The van der Waals surface area contributed by atoms with E-state index in [4.69, 9.17) is 20.2 Å². The molecule has 0 spiro atoms. The Bertz CT molecular complexity index is 1240. The number of benzene rings is 2. The number of rotatable bonds is 5. The molecule has 6 nitrogen and oxygen atoms in total. The number of halogens is 3. The van der Waals surface area contributed by atoms with Crippen LogP contribution in [0.4, 0.5) is 24.7 Å². The number of nitrogen functional groups attached to an aromatic ring is 1. The van der Waals surface area contributed by atoms with Gasteiger partial charge in [0, 0.05) is 17.5 Å². The number of fused-ring (bicyclic) bond motifs is 3. The van der Waals surface area contributed by atoms with Crippen LogP contribution in [0.3, 0.4) is 0 Å². The van der Waals surface area contributed by atoms with Crippen molar-refractivity contribution >= 4 is 22.4 Å². The number of nitrogens with two attached hydrogens (primary N) is 1. The van der Waals surface area contributed by atoms with Crippen LogP contribution in [0.25, 0.3) is 10.9 Å². The highest BCUT2D eigenvalue weighted by Crippen LogP contribution is 2.40. The van der Waals surface area contributed by atoms with E-state index in [-0.39, 0.29) is 11.8 Å². The quantitative estimate of drug-likeness (QED) is 0.486. The first-order valence-corrected chi connectivity index (χ1v) is 11.5. The highest BCUT2D eigenvalue weighted by atomic mass is 19.4. The number of anilines is 2. The summed E-state index contributed by atoms with van der Waals surface area (Å²) in [5.41, 5.74) is 8.72. The number of hydrogen-bond donors (Lipinski definition) is 2. The second-order valence-corrected chi connectivity index (χ2v) is 9.06. The Balaban J connectivity index is 1.55. The molecule has 0 radical (unpaired) electrons. The Morgan fingerprint density at radius 3 is 2.68 bits per heavy atom. The van der Waals surface area contributed by atoms with Crippen molar-refractivity contribution in [3.63, 3.8) is 0 Å². The van der Waals surface area contributed by atoms with Gasteiger partial charge in [-0.3, -0.25) is 0 Å². The minimum absolute atomic E-state index is 0.0110. The van der Waals surface area contributed by atoms with Crippen LogP contribution in [0, 0.1) is 6.92 Å². The molecule has 2 aromatic carbocycles. The molecule has 1 aliphatic carbocycles. The van der Waals surface area contributed by atoms with Crippen LogP contribution >= 0.6 is 0 Å². The molecule has 34 heavy (non-hydrogen) atoms. The summed E-state index contributed by atoms with van der Waals surface area (Å²) in [4.78, 5) is 9.32. The molecular formula is C25H27F3N4O2. The zero-order valence-electron chi connectivity index (χ0n) is 19.1. The summed E-state index contributed by atoms with van der Waals surface area (Å²) >= 11 is 0. The molecule has 1 aliphatic heterocycles. The molecule has 2 aliphatic rings. The van der Waals surface area contributed by atoms with E-state index in [0.29, 0.717) is 30.4 Å². The summed E-state index contributed by atoms with van der Waals surface area (Å²) in [5, 5.41) is 4.10. The number of ether oxygens (including phenoxy) is 2. The van der Waals surface area contributed by atoms with Crippen molar-refractivity contribution in [2.45, 2.75) is 57.9 Å². The zero-order valence-corrected chi connectivity index (χ0v) is 19.1. The van der Waals surface area contributed by atoms with Crippen molar-refractivity contribution in [3.8, 4) is 5.75 Å². The van der Waals surface area contributed by atoms with Gasteiger partial charge in [-0.25, -0.2) is 9.97 Å². The average molecular weight is 473 g/mol. The van der Waals surface area contributed by atoms with Gasteiger partial charge in [-0.05, 0) is 74.1 Å². The van der Waals surface area contributed by atoms with E-state index in [1.165, 1.54) is 5.56 Å². The maximum absolute atomic E-state index is 13.3. The van der Waals surface area contributed by atoms with Crippen molar-refractivity contribution < 1.29 is 22.6 Å². The van der Waals surface area contributed by atoms with Gasteiger partial charge < -0.3 is 20.5 Å². The molecule has 1 aromatic heterocycles. The summed E-state index contributed by atoms with van der Waals surface area (Å²) in [6.07, 6.45) is -0.760. The van der Waals surface area contributed by atoms with Crippen molar-refractivity contribution in [1.29, 1.82) is 0 Å². The zero-order chi connectivity index (χ0) is 24.0. The van der Waals surface area contributed by atoms with Gasteiger partial charge in [0.25, 0.3) is 0 Å². The monoisotopic (exact) mass is 472 g/mol. The van der Waals surface area contributed by atoms with Gasteiger partial charge in [0.15, 0.2) is 0 Å². The minimum Gasteiger partial charge on any atom is -0.488 e. The van der Waals surface area contributed by atoms with Gasteiger partial charge in [0.2, 0.25) is 0 Å². The van der Waals surface area contributed by atoms with Gasteiger partial charge in [-0.1, -0.05) is 0 Å². The van der Waals surface area contributed by atoms with E-state index < -0.39 is 17.8 Å². The van der Waals surface area contributed by atoms with Gasteiger partial charge in [-0.2, -0.15) is 13.2 Å². The van der Waals surface area contributed by atoms with Gasteiger partial charge in [0.05, 0.1) is 30.3 Å². The number of aryl methyl sites for hydroxylation is 2. The molecule has 1 fully saturated rings. The number of aromatic nitrogens is 2. The normalized spacial score (nSPS) is 18.8. The second kappa shape index (κ2) is 8.61. The van der Waals surface area contributed by atoms with Gasteiger partial charge in [-0.15, -0.1) is 0 Å². The number of nitrogens with one attached hydrogen (secondary N) is 1. The molecular weight excluding hydrogens is 445 g/mol. The van der Waals surface area contributed by atoms with E-state index in [1.54, 1.807) is 13.0 Å². The first kappa shape index (κ1) is 22.7. The van der Waals surface area contributed by atoms with Crippen LogP contribution in [0.2, 0.25) is 0 Å². The minimum atomic E-state index is -4.47. The Morgan fingerprint density at radius 2 is 1.94 bits per heavy atom. The predicted molar refractivity (Wildman–Crippen MR) is 124 cm³/mol.